The van der Waals surface area contributed by atoms with E-state index in [1.54, 1.807) is 13.1 Å². The van der Waals surface area contributed by atoms with Gasteiger partial charge in [-0.2, -0.15) is 0 Å². The number of carbonyl (C=O) groups excluding carboxylic acids is 3. The number of likely N-dealkylation sites (N-methyl/N-ethyl adjacent to an activating group) is 1. The van der Waals surface area contributed by atoms with Gasteiger partial charge >= 0.3 is 0 Å². The maximum absolute atomic E-state index is 10.6. The number of aliphatic hydroxyl groups excluding tert-OH is 1. The quantitative estimate of drug-likeness (QED) is 0.374. The fourth-order valence-corrected chi connectivity index (χ4v) is 1.82. The fourth-order valence-electron chi connectivity index (χ4n) is 1.82. The van der Waals surface area contributed by atoms with E-state index in [1.807, 2.05) is 19.9 Å². The van der Waals surface area contributed by atoms with Gasteiger partial charge in [-0.25, -0.2) is 0 Å². The van der Waals surface area contributed by atoms with Gasteiger partial charge in [-0.3, -0.25) is 9.59 Å². The number of aldehydes is 1. The summed E-state index contributed by atoms with van der Waals surface area (Å²) in [7, 11) is 2.67. The lowest BCUT2D eigenvalue weighted by Crippen LogP contribution is -2.34. The molecule has 0 aromatic heterocycles. The Kier molecular flexibility index (Phi) is 37.0. The molecule has 0 saturated heterocycles. The second-order valence-electron chi connectivity index (χ2n) is 6.93. The first-order valence-corrected chi connectivity index (χ1v) is 11.8. The van der Waals surface area contributed by atoms with Gasteiger partial charge in [0.2, 0.25) is 5.91 Å². The molecule has 1 amide bonds. The summed E-state index contributed by atoms with van der Waals surface area (Å²) in [6.07, 6.45) is 4.51. The molecule has 0 aliphatic carbocycles. The average Bonchev–Trinajstić information content (AvgIpc) is 2.87. The normalized spacial score (nSPS) is 8.03. The zero-order chi connectivity index (χ0) is 27.9. The topological polar surface area (TPSA) is 95.5 Å². The van der Waals surface area contributed by atoms with Gasteiger partial charge in [0.05, 0.1) is 13.1 Å². The van der Waals surface area contributed by atoms with E-state index < -0.39 is 0 Å². The molecule has 0 saturated carbocycles. The van der Waals surface area contributed by atoms with Gasteiger partial charge in [-0.05, 0) is 38.9 Å². The minimum atomic E-state index is -0.155. The van der Waals surface area contributed by atoms with Gasteiger partial charge < -0.3 is 20.5 Å². The Morgan fingerprint density at radius 3 is 1.66 bits per heavy atom. The molecule has 0 radical (unpaired) electrons. The number of hydrogen-bond acceptors (Lipinski definition) is 5. The molecule has 2 aromatic rings. The van der Waals surface area contributed by atoms with Gasteiger partial charge in [0.25, 0.3) is 0 Å². The second-order valence-corrected chi connectivity index (χ2v) is 6.93. The summed E-state index contributed by atoms with van der Waals surface area (Å²) in [5, 5.41) is 12.1. The maximum atomic E-state index is 10.6. The van der Waals surface area contributed by atoms with E-state index in [-0.39, 0.29) is 24.8 Å². The third-order valence-electron chi connectivity index (χ3n) is 3.20. The zero-order valence-electron chi connectivity index (χ0n) is 23.1. The molecule has 3 N–H and O–H groups in total. The van der Waals surface area contributed by atoms with Crippen LogP contribution in [0.4, 0.5) is 0 Å². The van der Waals surface area contributed by atoms with Crippen LogP contribution >= 0.6 is 0 Å². The molecule has 2 aromatic carbocycles. The van der Waals surface area contributed by atoms with Crippen molar-refractivity contribution >= 4 is 18.0 Å². The molecule has 6 heteroatoms. The van der Waals surface area contributed by atoms with Crippen molar-refractivity contribution in [3.05, 3.63) is 72.8 Å². The van der Waals surface area contributed by atoms with Gasteiger partial charge in [-0.1, -0.05) is 93.4 Å². The zero-order valence-corrected chi connectivity index (χ0v) is 23.1. The second kappa shape index (κ2) is 33.1. The van der Waals surface area contributed by atoms with Crippen molar-refractivity contribution < 1.29 is 19.5 Å². The van der Waals surface area contributed by atoms with E-state index >= 15 is 0 Å². The molecule has 0 unspecified atom stereocenters. The maximum Gasteiger partial charge on any atom is 0.234 e. The summed E-state index contributed by atoms with van der Waals surface area (Å²) in [6, 6.07) is 19.0. The van der Waals surface area contributed by atoms with Crippen molar-refractivity contribution in [2.75, 3.05) is 27.2 Å². The van der Waals surface area contributed by atoms with Crippen LogP contribution in [-0.2, 0) is 14.4 Å². The molecule has 0 aliphatic heterocycles. The summed E-state index contributed by atoms with van der Waals surface area (Å²) < 4.78 is 0. The van der Waals surface area contributed by atoms with Crippen LogP contribution < -0.4 is 10.6 Å². The predicted octanol–water partition coefficient (Wildman–Crippen LogP) is 5.39. The largest absolute Gasteiger partial charge is 0.400 e. The highest BCUT2D eigenvalue weighted by molar-refractivity contribution is 5.85. The van der Waals surface area contributed by atoms with E-state index in [0.29, 0.717) is 6.42 Å². The van der Waals surface area contributed by atoms with Crippen molar-refractivity contribution in [2.45, 2.75) is 54.4 Å². The molecule has 0 aliphatic rings. The van der Waals surface area contributed by atoms with Crippen LogP contribution in [0.1, 0.15) is 53.0 Å². The molecule has 0 spiro atoms. The van der Waals surface area contributed by atoms with E-state index in [2.05, 4.69) is 86.5 Å². The average molecular weight is 489 g/mol. The number of hydrogen-bond donors (Lipinski definition) is 3. The number of Topliss-reactive ketones (excluding diaryl/α,β-unsaturated/α-hetero) is 1. The molecule has 198 valence electrons. The summed E-state index contributed by atoms with van der Waals surface area (Å²) in [5.74, 6) is -0.192. The lowest BCUT2D eigenvalue weighted by atomic mass is 10.0. The Morgan fingerprint density at radius 1 is 0.914 bits per heavy atom. The van der Waals surface area contributed by atoms with Gasteiger partial charge in [0.15, 0.2) is 0 Å². The van der Waals surface area contributed by atoms with Crippen LogP contribution in [0.5, 0.6) is 0 Å². The van der Waals surface area contributed by atoms with Crippen LogP contribution in [0.2, 0.25) is 0 Å². The highest BCUT2D eigenvalue weighted by Crippen LogP contribution is 2.18. The van der Waals surface area contributed by atoms with E-state index in [9.17, 15) is 14.4 Å². The molecule has 35 heavy (non-hydrogen) atoms. The first-order valence-electron chi connectivity index (χ1n) is 11.8. The first-order chi connectivity index (χ1) is 16.8. The Balaban J connectivity index is -0.000000194. The predicted molar refractivity (Wildman–Crippen MR) is 151 cm³/mol. The molecule has 0 heterocycles. The number of aliphatic hydroxyl groups is 1. The number of carbonyl (C=O) groups is 3. The fraction of sp³-hybridized carbons (Fsp3) is 0.414. The van der Waals surface area contributed by atoms with Crippen LogP contribution in [-0.4, -0.2) is 50.3 Å². The van der Waals surface area contributed by atoms with Gasteiger partial charge in [0.1, 0.15) is 12.1 Å². The minimum absolute atomic E-state index is 0.0375. The Bertz CT molecular complexity index is 730. The standard InChI is InChI=1S/C13H12.C6H12N2O2.C3H6O.C3H8.C3H6.CH4O/c1-11-7-9-13(10-8-11)12-5-3-2-4-6-12;1-5(9)3-8-6(10)4-7-2;1-2-3-4;2*1-3-2;1-2/h2-10H,1H3;7H,3-4H2,1-2H3,(H,8,10);3H,2H2,1H3;3H2,1-2H3;3H,1H2,2H3;2H,1H3. The Hall–Kier alpha value is -3.09. The van der Waals surface area contributed by atoms with E-state index in [0.717, 1.165) is 13.4 Å². The van der Waals surface area contributed by atoms with Crippen LogP contribution in [0.15, 0.2) is 67.3 Å². The monoisotopic (exact) mass is 488 g/mol. The molecular weight excluding hydrogens is 440 g/mol. The van der Waals surface area contributed by atoms with Crippen LogP contribution in [0, 0.1) is 6.92 Å². The van der Waals surface area contributed by atoms with Crippen molar-refractivity contribution in [3.63, 3.8) is 0 Å². The number of aryl methyl sites for hydroxylation is 1. The lowest BCUT2D eigenvalue weighted by Gasteiger charge is -2.00. The minimum Gasteiger partial charge on any atom is -0.400 e. The van der Waals surface area contributed by atoms with Crippen molar-refractivity contribution in [3.8, 4) is 11.1 Å². The van der Waals surface area contributed by atoms with Gasteiger partial charge in [-0.15, -0.1) is 6.58 Å². The number of benzene rings is 2. The molecule has 2 rings (SSSR count). The van der Waals surface area contributed by atoms with Crippen LogP contribution in [0.3, 0.4) is 0 Å². The number of allylic oxidation sites excluding steroid dienone is 1. The highest BCUT2D eigenvalue weighted by atomic mass is 16.2. The summed E-state index contributed by atoms with van der Waals surface area (Å²) in [4.78, 5) is 30.1. The van der Waals surface area contributed by atoms with E-state index in [4.69, 9.17) is 5.11 Å². The number of rotatable bonds is 6. The Labute approximate surface area is 213 Å². The molecule has 0 atom stereocenters. The van der Waals surface area contributed by atoms with Crippen LogP contribution in [0.25, 0.3) is 11.1 Å². The van der Waals surface area contributed by atoms with Crippen molar-refractivity contribution in [2.24, 2.45) is 0 Å². The summed E-state index contributed by atoms with van der Waals surface area (Å²) >= 11 is 0. The van der Waals surface area contributed by atoms with Crippen molar-refractivity contribution in [1.29, 1.82) is 0 Å². The first kappa shape index (κ1) is 39.1. The SMILES string of the molecule is C=CC.CCC.CCC=O.CNCC(=O)NCC(C)=O.CO.Cc1ccc(-c2ccccc2)cc1. The summed E-state index contributed by atoms with van der Waals surface area (Å²) in [5.41, 5.74) is 3.87. The number of nitrogens with one attached hydrogen (secondary N) is 2. The third kappa shape index (κ3) is 33.2. The lowest BCUT2D eigenvalue weighted by molar-refractivity contribution is -0.123. The summed E-state index contributed by atoms with van der Waals surface area (Å²) in [6.45, 7) is 15.2. The Morgan fingerprint density at radius 2 is 1.31 bits per heavy atom. The number of amides is 1. The third-order valence-corrected chi connectivity index (χ3v) is 3.20. The van der Waals surface area contributed by atoms with Gasteiger partial charge in [0, 0.05) is 13.5 Å². The molecule has 0 fully saturated rings. The molecular formula is C29H48N2O4. The van der Waals surface area contributed by atoms with Crippen molar-refractivity contribution in [1.82, 2.24) is 10.6 Å². The molecule has 6 nitrogen and oxygen atoms in total. The van der Waals surface area contributed by atoms with E-state index in [1.165, 1.54) is 30.0 Å². The highest BCUT2D eigenvalue weighted by Gasteiger charge is 1.98. The molecule has 0 bridgehead atoms. The smallest absolute Gasteiger partial charge is 0.234 e. The number of ketones is 1.